The van der Waals surface area contributed by atoms with Gasteiger partial charge in [-0.1, -0.05) is 12.8 Å². The lowest BCUT2D eigenvalue weighted by Gasteiger charge is -2.45. The Kier molecular flexibility index (Phi) is 4.10. The molecule has 2 aliphatic heterocycles. The first kappa shape index (κ1) is 13.4. The van der Waals surface area contributed by atoms with Crippen LogP contribution in [0.25, 0.3) is 0 Å². The van der Waals surface area contributed by atoms with Gasteiger partial charge in [0.25, 0.3) is 0 Å². The van der Waals surface area contributed by atoms with E-state index in [2.05, 4.69) is 16.4 Å². The highest BCUT2D eigenvalue weighted by atomic mass is 16.5. The lowest BCUT2D eigenvalue weighted by molar-refractivity contribution is 0.0530. The smallest absolute Gasteiger partial charge is 0.112 e. The Morgan fingerprint density at radius 3 is 2.47 bits per heavy atom. The fourth-order valence-corrected chi connectivity index (χ4v) is 4.22. The number of nitrogens with one attached hydrogen (secondary N) is 1. The topological polar surface area (TPSA) is 50.5 Å². The van der Waals surface area contributed by atoms with Gasteiger partial charge in [-0.15, -0.1) is 0 Å². The molecule has 1 aliphatic carbocycles. The zero-order chi connectivity index (χ0) is 13.1. The molecule has 4 nitrogen and oxygen atoms in total. The molecule has 108 valence electrons. The molecule has 0 aromatic heterocycles. The van der Waals surface area contributed by atoms with Crippen molar-refractivity contribution in [3.05, 3.63) is 11.8 Å². The normalized spacial score (nSPS) is 29.0. The molecule has 0 bridgehead atoms. The van der Waals surface area contributed by atoms with Crippen molar-refractivity contribution in [2.24, 2.45) is 5.84 Å². The molecule has 4 heteroatoms. The summed E-state index contributed by atoms with van der Waals surface area (Å²) in [5.41, 5.74) is 3.30. The number of hydrazine groups is 1. The fourth-order valence-electron chi connectivity index (χ4n) is 4.22. The molecule has 3 aliphatic rings. The van der Waals surface area contributed by atoms with Gasteiger partial charge in [-0.05, 0) is 57.7 Å². The minimum atomic E-state index is 0.174. The van der Waals surface area contributed by atoms with Gasteiger partial charge in [0.15, 0.2) is 0 Å². The van der Waals surface area contributed by atoms with E-state index in [1.165, 1.54) is 51.6 Å². The van der Waals surface area contributed by atoms with Crippen molar-refractivity contribution < 1.29 is 4.74 Å². The highest BCUT2D eigenvalue weighted by molar-refractivity contribution is 5.18. The average molecular weight is 265 g/mol. The van der Waals surface area contributed by atoms with E-state index in [0.717, 1.165) is 25.2 Å². The molecule has 0 aromatic carbocycles. The molecular weight excluding hydrogens is 238 g/mol. The van der Waals surface area contributed by atoms with Crippen LogP contribution in [0.2, 0.25) is 0 Å². The maximum atomic E-state index is 5.94. The Balaban J connectivity index is 1.86. The quantitative estimate of drug-likeness (QED) is 0.602. The summed E-state index contributed by atoms with van der Waals surface area (Å²) < 4.78 is 5.92. The van der Waals surface area contributed by atoms with Crippen LogP contribution in [0.5, 0.6) is 0 Å². The fraction of sp³-hybridized carbons (Fsp3) is 0.867. The third-order valence-electron chi connectivity index (χ3n) is 5.16. The number of allylic oxidation sites excluding steroid dienone is 1. The molecule has 1 unspecified atom stereocenters. The van der Waals surface area contributed by atoms with Gasteiger partial charge in [0.05, 0.1) is 12.6 Å². The highest BCUT2D eigenvalue weighted by Crippen LogP contribution is 2.42. The molecule has 0 aromatic rings. The van der Waals surface area contributed by atoms with Crippen LogP contribution in [0.4, 0.5) is 0 Å². The van der Waals surface area contributed by atoms with Gasteiger partial charge in [0.2, 0.25) is 0 Å². The number of hydrogen-bond acceptors (Lipinski definition) is 4. The van der Waals surface area contributed by atoms with Crippen LogP contribution >= 0.6 is 0 Å². The minimum Gasteiger partial charge on any atom is -0.496 e. The van der Waals surface area contributed by atoms with Gasteiger partial charge in [-0.25, -0.2) is 5.43 Å². The number of nitrogens with two attached hydrogens (primary N) is 1. The lowest BCUT2D eigenvalue weighted by atomic mass is 9.84. The number of ether oxygens (including phenoxy) is 1. The zero-order valence-electron chi connectivity index (χ0n) is 11.9. The molecule has 0 spiro atoms. The van der Waals surface area contributed by atoms with Gasteiger partial charge in [-0.2, -0.15) is 0 Å². The average Bonchev–Trinajstić information content (AvgIpc) is 3.12. The Morgan fingerprint density at radius 2 is 1.89 bits per heavy atom. The third kappa shape index (κ3) is 2.41. The van der Waals surface area contributed by atoms with E-state index in [1.54, 1.807) is 0 Å². The summed E-state index contributed by atoms with van der Waals surface area (Å²) in [6.07, 6.45) is 12.3. The van der Waals surface area contributed by atoms with E-state index < -0.39 is 0 Å². The summed E-state index contributed by atoms with van der Waals surface area (Å²) in [5.74, 6) is 7.04. The van der Waals surface area contributed by atoms with Gasteiger partial charge in [-0.3, -0.25) is 10.7 Å². The summed E-state index contributed by atoms with van der Waals surface area (Å²) in [6, 6.07) is 0.174. The van der Waals surface area contributed by atoms with E-state index in [-0.39, 0.29) is 11.6 Å². The Labute approximate surface area is 116 Å². The predicted octanol–water partition coefficient (Wildman–Crippen LogP) is 1.92. The van der Waals surface area contributed by atoms with E-state index in [4.69, 9.17) is 10.6 Å². The van der Waals surface area contributed by atoms with E-state index >= 15 is 0 Å². The molecule has 2 heterocycles. The zero-order valence-corrected chi connectivity index (χ0v) is 11.9. The number of likely N-dealkylation sites (tertiary alicyclic amines) is 1. The molecule has 1 atom stereocenters. The van der Waals surface area contributed by atoms with E-state index in [1.807, 2.05) is 0 Å². The van der Waals surface area contributed by atoms with Crippen LogP contribution in [0, 0.1) is 0 Å². The van der Waals surface area contributed by atoms with Crippen molar-refractivity contribution in [3.63, 3.8) is 0 Å². The standard InChI is InChI=1S/C15H27N3O/c16-17-14(13-7-1-6-12-19-13)15(8-2-3-9-15)18-10-4-5-11-18/h7,14,17H,1-6,8-12,16H2. The molecule has 1 saturated carbocycles. The Bertz CT molecular complexity index is 330. The summed E-state index contributed by atoms with van der Waals surface area (Å²) in [4.78, 5) is 2.68. The van der Waals surface area contributed by atoms with Crippen molar-refractivity contribution >= 4 is 0 Å². The first-order chi connectivity index (χ1) is 9.37. The first-order valence-electron chi connectivity index (χ1n) is 7.91. The highest BCUT2D eigenvalue weighted by Gasteiger charge is 2.48. The summed E-state index contributed by atoms with van der Waals surface area (Å²) in [6.45, 7) is 3.30. The number of nitrogens with zero attached hydrogens (tertiary/aromatic N) is 1. The number of hydrogen-bond donors (Lipinski definition) is 2. The Morgan fingerprint density at radius 1 is 1.16 bits per heavy atom. The van der Waals surface area contributed by atoms with Crippen molar-refractivity contribution in [3.8, 4) is 0 Å². The molecular formula is C15H27N3O. The molecule has 3 rings (SSSR count). The van der Waals surface area contributed by atoms with E-state index in [0.29, 0.717) is 0 Å². The second-order valence-electron chi connectivity index (χ2n) is 6.20. The van der Waals surface area contributed by atoms with Crippen LogP contribution in [0.3, 0.4) is 0 Å². The summed E-state index contributed by atoms with van der Waals surface area (Å²) >= 11 is 0. The second kappa shape index (κ2) is 5.81. The van der Waals surface area contributed by atoms with Crippen LogP contribution in [-0.2, 0) is 4.74 Å². The lowest BCUT2D eigenvalue weighted by Crippen LogP contribution is -2.61. The molecule has 2 fully saturated rings. The van der Waals surface area contributed by atoms with Crippen molar-refractivity contribution in [2.45, 2.75) is 62.9 Å². The number of rotatable bonds is 4. The molecule has 0 amide bonds. The van der Waals surface area contributed by atoms with Crippen LogP contribution < -0.4 is 11.3 Å². The molecule has 3 N–H and O–H groups in total. The van der Waals surface area contributed by atoms with Crippen LogP contribution in [0.1, 0.15) is 51.4 Å². The van der Waals surface area contributed by atoms with Gasteiger partial charge in [0, 0.05) is 5.54 Å². The van der Waals surface area contributed by atoms with E-state index in [9.17, 15) is 0 Å². The third-order valence-corrected chi connectivity index (χ3v) is 5.16. The molecule has 1 saturated heterocycles. The SMILES string of the molecule is NNC(C1=CCCCO1)C1(N2CCCC2)CCCC1. The maximum Gasteiger partial charge on any atom is 0.112 e. The van der Waals surface area contributed by atoms with Crippen molar-refractivity contribution in [1.29, 1.82) is 0 Å². The molecule has 0 radical (unpaired) electrons. The van der Waals surface area contributed by atoms with Crippen LogP contribution in [0.15, 0.2) is 11.8 Å². The van der Waals surface area contributed by atoms with Crippen LogP contribution in [-0.4, -0.2) is 36.2 Å². The van der Waals surface area contributed by atoms with Gasteiger partial charge in [0.1, 0.15) is 5.76 Å². The maximum absolute atomic E-state index is 5.94. The largest absolute Gasteiger partial charge is 0.496 e. The van der Waals surface area contributed by atoms with Crippen molar-refractivity contribution in [1.82, 2.24) is 10.3 Å². The monoisotopic (exact) mass is 265 g/mol. The molecule has 19 heavy (non-hydrogen) atoms. The Hall–Kier alpha value is -0.580. The summed E-state index contributed by atoms with van der Waals surface area (Å²) in [7, 11) is 0. The second-order valence-corrected chi connectivity index (χ2v) is 6.20. The minimum absolute atomic E-state index is 0.174. The van der Waals surface area contributed by atoms with Gasteiger partial charge >= 0.3 is 0 Å². The predicted molar refractivity (Wildman–Crippen MR) is 76.4 cm³/mol. The van der Waals surface area contributed by atoms with Gasteiger partial charge < -0.3 is 4.74 Å². The van der Waals surface area contributed by atoms with Crippen molar-refractivity contribution in [2.75, 3.05) is 19.7 Å². The first-order valence-corrected chi connectivity index (χ1v) is 7.91. The summed E-state index contributed by atoms with van der Waals surface area (Å²) in [5, 5.41) is 0.